The van der Waals surface area contributed by atoms with E-state index >= 15 is 0 Å². The minimum atomic E-state index is -0.619. The summed E-state index contributed by atoms with van der Waals surface area (Å²) in [5, 5.41) is 15.3. The summed E-state index contributed by atoms with van der Waals surface area (Å²) in [6, 6.07) is 6.81. The average Bonchev–Trinajstić information content (AvgIpc) is 2.94. The molecule has 0 spiro atoms. The maximum Gasteiger partial charge on any atom is 0.137 e. The number of aliphatic hydroxyl groups excluding tert-OH is 1. The highest BCUT2D eigenvalue weighted by Gasteiger charge is 2.32. The van der Waals surface area contributed by atoms with Crippen LogP contribution < -0.4 is 4.74 Å². The smallest absolute Gasteiger partial charge is 0.137 e. The molecule has 1 aromatic heterocycles. The van der Waals surface area contributed by atoms with Crippen LogP contribution in [0.1, 0.15) is 26.8 Å². The molecule has 5 nitrogen and oxygen atoms in total. The number of aliphatic hydroxyl groups is 1. The quantitative estimate of drug-likeness (QED) is 0.922. The van der Waals surface area contributed by atoms with Crippen LogP contribution >= 0.6 is 11.6 Å². The fraction of sp³-hybridized carbons (Fsp3) is 0.467. The lowest BCUT2D eigenvalue weighted by Crippen LogP contribution is -2.39. The van der Waals surface area contributed by atoms with Gasteiger partial charge in [-0.25, -0.2) is 9.67 Å². The third kappa shape index (κ3) is 4.19. The lowest BCUT2D eigenvalue weighted by molar-refractivity contribution is -0.00424. The molecule has 2 rings (SSSR count). The van der Waals surface area contributed by atoms with Crippen LogP contribution in [0, 0.1) is 5.41 Å². The Morgan fingerprint density at radius 3 is 2.48 bits per heavy atom. The first-order valence-electron chi connectivity index (χ1n) is 6.78. The van der Waals surface area contributed by atoms with E-state index in [9.17, 15) is 5.11 Å². The molecule has 1 aromatic carbocycles. The molecule has 1 N–H and O–H groups in total. The maximum absolute atomic E-state index is 10.5. The Morgan fingerprint density at radius 1 is 1.29 bits per heavy atom. The van der Waals surface area contributed by atoms with Crippen LogP contribution in [0.4, 0.5) is 0 Å². The third-order valence-corrected chi connectivity index (χ3v) is 3.51. The monoisotopic (exact) mass is 309 g/mol. The SMILES string of the molecule is CC(C)(C)C(O)C(COc1ccc(Cl)cc1)n1cncn1. The van der Waals surface area contributed by atoms with Crippen molar-refractivity contribution in [2.45, 2.75) is 32.9 Å². The topological polar surface area (TPSA) is 60.2 Å². The van der Waals surface area contributed by atoms with Crippen LogP contribution in [0.3, 0.4) is 0 Å². The molecule has 2 aromatic rings. The number of aromatic nitrogens is 3. The Labute approximate surface area is 129 Å². The van der Waals surface area contributed by atoms with Crippen molar-refractivity contribution in [1.29, 1.82) is 0 Å². The predicted octanol–water partition coefficient (Wildman–Crippen LogP) is 2.96. The van der Waals surface area contributed by atoms with E-state index in [1.807, 2.05) is 20.8 Å². The fourth-order valence-electron chi connectivity index (χ4n) is 1.99. The average molecular weight is 310 g/mol. The summed E-state index contributed by atoms with van der Waals surface area (Å²) >= 11 is 5.85. The van der Waals surface area contributed by atoms with Crippen molar-refractivity contribution in [3.63, 3.8) is 0 Å². The van der Waals surface area contributed by atoms with E-state index < -0.39 is 6.10 Å². The van der Waals surface area contributed by atoms with Gasteiger partial charge < -0.3 is 9.84 Å². The molecule has 0 amide bonds. The zero-order chi connectivity index (χ0) is 15.5. The van der Waals surface area contributed by atoms with Crippen LogP contribution in [-0.4, -0.2) is 32.6 Å². The summed E-state index contributed by atoms with van der Waals surface area (Å²) < 4.78 is 7.39. The van der Waals surface area contributed by atoms with Gasteiger partial charge in [-0.05, 0) is 29.7 Å². The Hall–Kier alpha value is -1.59. The van der Waals surface area contributed by atoms with Gasteiger partial charge in [0.15, 0.2) is 0 Å². The molecule has 0 fully saturated rings. The van der Waals surface area contributed by atoms with Gasteiger partial charge in [-0.3, -0.25) is 0 Å². The van der Waals surface area contributed by atoms with E-state index in [0.29, 0.717) is 17.4 Å². The Morgan fingerprint density at radius 2 is 1.95 bits per heavy atom. The normalized spacial score (nSPS) is 14.7. The van der Waals surface area contributed by atoms with Gasteiger partial charge in [0.05, 0.1) is 6.10 Å². The van der Waals surface area contributed by atoms with Crippen molar-refractivity contribution in [2.24, 2.45) is 5.41 Å². The number of benzene rings is 1. The van der Waals surface area contributed by atoms with Crippen molar-refractivity contribution in [3.8, 4) is 5.75 Å². The summed E-state index contributed by atoms with van der Waals surface area (Å²) in [5.41, 5.74) is -0.292. The lowest BCUT2D eigenvalue weighted by atomic mass is 9.85. The molecule has 0 aliphatic carbocycles. The molecule has 2 unspecified atom stereocenters. The first-order chi connectivity index (χ1) is 9.88. The largest absolute Gasteiger partial charge is 0.491 e. The second-order valence-corrected chi connectivity index (χ2v) is 6.46. The van der Waals surface area contributed by atoms with Gasteiger partial charge in [-0.2, -0.15) is 5.10 Å². The number of rotatable bonds is 5. The number of ether oxygens (including phenoxy) is 1. The minimum Gasteiger partial charge on any atom is -0.491 e. The van der Waals surface area contributed by atoms with Crippen LogP contribution in [0.2, 0.25) is 5.02 Å². The molecule has 0 saturated heterocycles. The summed E-state index contributed by atoms with van der Waals surface area (Å²) in [4.78, 5) is 3.94. The highest BCUT2D eigenvalue weighted by molar-refractivity contribution is 6.30. The fourth-order valence-corrected chi connectivity index (χ4v) is 2.12. The van der Waals surface area contributed by atoms with Crippen molar-refractivity contribution < 1.29 is 9.84 Å². The Bertz CT molecular complexity index is 549. The van der Waals surface area contributed by atoms with Gasteiger partial charge in [-0.1, -0.05) is 32.4 Å². The summed E-state index contributed by atoms with van der Waals surface area (Å²) in [7, 11) is 0. The zero-order valence-electron chi connectivity index (χ0n) is 12.4. The van der Waals surface area contributed by atoms with E-state index in [1.165, 1.54) is 6.33 Å². The number of halogens is 1. The van der Waals surface area contributed by atoms with Gasteiger partial charge in [0.25, 0.3) is 0 Å². The van der Waals surface area contributed by atoms with Gasteiger partial charge in [0, 0.05) is 5.02 Å². The van der Waals surface area contributed by atoms with E-state index in [-0.39, 0.29) is 11.5 Å². The van der Waals surface area contributed by atoms with Gasteiger partial charge >= 0.3 is 0 Å². The van der Waals surface area contributed by atoms with Crippen molar-refractivity contribution >= 4 is 11.6 Å². The standard InChI is InChI=1S/C15H20ClN3O2/c1-15(2,3)14(20)13(19-10-17-9-18-19)8-21-12-6-4-11(16)5-7-12/h4-7,9-10,13-14,20H,8H2,1-3H3. The van der Waals surface area contributed by atoms with Crippen molar-refractivity contribution in [3.05, 3.63) is 41.9 Å². The molecule has 21 heavy (non-hydrogen) atoms. The van der Waals surface area contributed by atoms with Gasteiger partial charge in [0.1, 0.15) is 31.1 Å². The molecule has 1 heterocycles. The van der Waals surface area contributed by atoms with Crippen LogP contribution in [0.15, 0.2) is 36.9 Å². The molecule has 2 atom stereocenters. The van der Waals surface area contributed by atoms with E-state index in [4.69, 9.17) is 16.3 Å². The van der Waals surface area contributed by atoms with Crippen LogP contribution in [0.5, 0.6) is 5.75 Å². The minimum absolute atomic E-state index is 0.292. The second kappa shape index (κ2) is 6.45. The molecule has 0 bridgehead atoms. The highest BCUT2D eigenvalue weighted by atomic mass is 35.5. The number of hydrogen-bond acceptors (Lipinski definition) is 4. The molecule has 114 valence electrons. The van der Waals surface area contributed by atoms with Gasteiger partial charge in [-0.15, -0.1) is 0 Å². The summed E-state index contributed by atoms with van der Waals surface area (Å²) in [6.07, 6.45) is 2.42. The molecule has 0 aliphatic heterocycles. The molecular formula is C15H20ClN3O2. The Kier molecular flexibility index (Phi) is 4.85. The van der Waals surface area contributed by atoms with Crippen molar-refractivity contribution in [1.82, 2.24) is 14.8 Å². The molecule has 0 aliphatic rings. The maximum atomic E-state index is 10.5. The first kappa shape index (κ1) is 15.8. The zero-order valence-corrected chi connectivity index (χ0v) is 13.2. The predicted molar refractivity (Wildman–Crippen MR) is 81.5 cm³/mol. The van der Waals surface area contributed by atoms with E-state index in [2.05, 4.69) is 10.1 Å². The summed E-state index contributed by atoms with van der Waals surface area (Å²) in [6.45, 7) is 6.22. The molecule has 0 radical (unpaired) electrons. The lowest BCUT2D eigenvalue weighted by Gasteiger charge is -2.32. The second-order valence-electron chi connectivity index (χ2n) is 6.02. The first-order valence-corrected chi connectivity index (χ1v) is 7.16. The number of nitrogens with zero attached hydrogens (tertiary/aromatic N) is 3. The van der Waals surface area contributed by atoms with Crippen LogP contribution in [0.25, 0.3) is 0 Å². The van der Waals surface area contributed by atoms with Gasteiger partial charge in [0.2, 0.25) is 0 Å². The van der Waals surface area contributed by atoms with E-state index in [1.54, 1.807) is 35.3 Å². The third-order valence-electron chi connectivity index (χ3n) is 3.26. The van der Waals surface area contributed by atoms with Crippen molar-refractivity contribution in [2.75, 3.05) is 6.61 Å². The summed E-state index contributed by atoms with van der Waals surface area (Å²) in [5.74, 6) is 0.700. The molecule has 6 heteroatoms. The highest BCUT2D eigenvalue weighted by Crippen LogP contribution is 2.28. The number of hydrogen-bond donors (Lipinski definition) is 1. The van der Waals surface area contributed by atoms with Crippen LogP contribution in [-0.2, 0) is 0 Å². The molecule has 0 saturated carbocycles. The van der Waals surface area contributed by atoms with E-state index in [0.717, 1.165) is 0 Å². The molecular weight excluding hydrogens is 290 g/mol. The Balaban J connectivity index is 2.11.